The van der Waals surface area contributed by atoms with Crippen molar-refractivity contribution in [3.05, 3.63) is 53.3 Å². The molecule has 0 fully saturated rings. The Morgan fingerprint density at radius 3 is 2.80 bits per heavy atom. The topological polar surface area (TPSA) is 59.8 Å². The molecule has 0 aliphatic rings. The van der Waals surface area contributed by atoms with E-state index in [1.807, 2.05) is 36.4 Å². The molecule has 100 valence electrons. The highest BCUT2D eigenvalue weighted by molar-refractivity contribution is 9.10. The van der Waals surface area contributed by atoms with Gasteiger partial charge in [0.2, 0.25) is 5.91 Å². The van der Waals surface area contributed by atoms with E-state index in [9.17, 15) is 4.79 Å². The molecule has 1 aromatic heterocycles. The third kappa shape index (κ3) is 2.85. The molecule has 0 spiro atoms. The monoisotopic (exact) mass is 330 g/mol. The quantitative estimate of drug-likeness (QED) is 0.803. The zero-order chi connectivity index (χ0) is 13.9. The third-order valence-electron chi connectivity index (χ3n) is 2.86. The lowest BCUT2D eigenvalue weighted by Gasteiger charge is -2.06. The highest BCUT2D eigenvalue weighted by Crippen LogP contribution is 2.22. The zero-order valence-electron chi connectivity index (χ0n) is 10.5. The smallest absolute Gasteiger partial charge is 0.246 e. The lowest BCUT2D eigenvalue weighted by atomic mass is 10.1. The molecule has 20 heavy (non-hydrogen) atoms. The van der Waals surface area contributed by atoms with Crippen molar-refractivity contribution >= 4 is 38.3 Å². The Morgan fingerprint density at radius 1 is 1.20 bits per heavy atom. The van der Waals surface area contributed by atoms with E-state index in [1.165, 1.54) is 4.68 Å². The highest BCUT2D eigenvalue weighted by Gasteiger charge is 2.05. The lowest BCUT2D eigenvalue weighted by Crippen LogP contribution is -2.19. The summed E-state index contributed by atoms with van der Waals surface area (Å²) in [4.78, 5) is 11.9. The molecular formula is C14H11BrN4O. The number of halogens is 1. The van der Waals surface area contributed by atoms with Gasteiger partial charge in [-0.25, -0.2) is 4.68 Å². The second kappa shape index (κ2) is 5.42. The fourth-order valence-electron chi connectivity index (χ4n) is 1.96. The predicted molar refractivity (Wildman–Crippen MR) is 80.3 cm³/mol. The number of hydrogen-bond donors (Lipinski definition) is 1. The number of carbonyl (C=O) groups excluding carboxylic acids is 1. The molecular weight excluding hydrogens is 320 g/mol. The summed E-state index contributed by atoms with van der Waals surface area (Å²) in [6.45, 7) is 0.151. The van der Waals surface area contributed by atoms with Crippen LogP contribution in [0, 0.1) is 0 Å². The van der Waals surface area contributed by atoms with Crippen LogP contribution in [0.3, 0.4) is 0 Å². The van der Waals surface area contributed by atoms with Crippen molar-refractivity contribution < 1.29 is 4.79 Å². The van der Waals surface area contributed by atoms with Crippen molar-refractivity contribution in [3.63, 3.8) is 0 Å². The Morgan fingerprint density at radius 2 is 2.00 bits per heavy atom. The van der Waals surface area contributed by atoms with Gasteiger partial charge in [0.15, 0.2) is 0 Å². The number of aromatic nitrogens is 3. The van der Waals surface area contributed by atoms with Crippen LogP contribution in [0.4, 0.5) is 5.69 Å². The van der Waals surface area contributed by atoms with Crippen LogP contribution in [-0.4, -0.2) is 20.9 Å². The number of amides is 1. The molecule has 1 heterocycles. The first kappa shape index (κ1) is 12.8. The van der Waals surface area contributed by atoms with Gasteiger partial charge in [-0.1, -0.05) is 33.3 Å². The van der Waals surface area contributed by atoms with E-state index in [-0.39, 0.29) is 12.5 Å². The average molecular weight is 331 g/mol. The van der Waals surface area contributed by atoms with Crippen LogP contribution >= 0.6 is 15.9 Å². The molecule has 1 amide bonds. The SMILES string of the molecule is O=C(Cn1ccnn1)Nc1ccc2cc(Br)ccc2c1. The number of rotatable bonds is 3. The van der Waals surface area contributed by atoms with E-state index in [4.69, 9.17) is 0 Å². The lowest BCUT2D eigenvalue weighted by molar-refractivity contribution is -0.116. The highest BCUT2D eigenvalue weighted by atomic mass is 79.9. The van der Waals surface area contributed by atoms with E-state index in [0.29, 0.717) is 0 Å². The van der Waals surface area contributed by atoms with Gasteiger partial charge in [0, 0.05) is 16.4 Å². The molecule has 2 aromatic carbocycles. The molecule has 0 unspecified atom stereocenters. The minimum atomic E-state index is -0.132. The van der Waals surface area contributed by atoms with E-state index >= 15 is 0 Å². The molecule has 0 radical (unpaired) electrons. The van der Waals surface area contributed by atoms with Crippen LogP contribution < -0.4 is 5.32 Å². The zero-order valence-corrected chi connectivity index (χ0v) is 12.0. The normalized spacial score (nSPS) is 10.7. The second-order valence-electron chi connectivity index (χ2n) is 4.36. The van der Waals surface area contributed by atoms with Gasteiger partial charge in [-0.15, -0.1) is 5.10 Å². The Hall–Kier alpha value is -2.21. The third-order valence-corrected chi connectivity index (χ3v) is 3.36. The van der Waals surface area contributed by atoms with Crippen molar-refractivity contribution in [1.29, 1.82) is 0 Å². The van der Waals surface area contributed by atoms with Gasteiger partial charge in [0.25, 0.3) is 0 Å². The molecule has 0 bridgehead atoms. The van der Waals surface area contributed by atoms with E-state index < -0.39 is 0 Å². The molecule has 0 aliphatic carbocycles. The van der Waals surface area contributed by atoms with Crippen molar-refractivity contribution in [2.75, 3.05) is 5.32 Å². The minimum Gasteiger partial charge on any atom is -0.324 e. The van der Waals surface area contributed by atoms with Crippen LogP contribution in [0.25, 0.3) is 10.8 Å². The van der Waals surface area contributed by atoms with Crippen LogP contribution in [0.15, 0.2) is 53.3 Å². The number of carbonyl (C=O) groups is 1. The van der Waals surface area contributed by atoms with Gasteiger partial charge in [-0.05, 0) is 35.0 Å². The fourth-order valence-corrected chi connectivity index (χ4v) is 2.34. The van der Waals surface area contributed by atoms with Gasteiger partial charge in [-0.3, -0.25) is 4.79 Å². The molecule has 6 heteroatoms. The molecule has 0 saturated heterocycles. The fraction of sp³-hybridized carbons (Fsp3) is 0.0714. The maximum atomic E-state index is 11.9. The number of nitrogens with one attached hydrogen (secondary N) is 1. The number of nitrogens with zero attached hydrogens (tertiary/aromatic N) is 3. The molecule has 0 atom stereocenters. The number of fused-ring (bicyclic) bond motifs is 1. The number of anilines is 1. The first-order valence-electron chi connectivity index (χ1n) is 6.04. The molecule has 1 N–H and O–H groups in total. The summed E-state index contributed by atoms with van der Waals surface area (Å²) < 4.78 is 2.51. The summed E-state index contributed by atoms with van der Waals surface area (Å²) >= 11 is 3.44. The standard InChI is InChI=1S/C14H11BrN4O/c15-12-3-1-11-8-13(4-2-10(11)7-12)17-14(20)9-19-6-5-16-18-19/h1-8H,9H2,(H,17,20). The second-order valence-corrected chi connectivity index (χ2v) is 5.27. The largest absolute Gasteiger partial charge is 0.324 e. The van der Waals surface area contributed by atoms with Gasteiger partial charge >= 0.3 is 0 Å². The van der Waals surface area contributed by atoms with Crippen molar-refractivity contribution in [3.8, 4) is 0 Å². The Balaban J connectivity index is 1.77. The van der Waals surface area contributed by atoms with Crippen molar-refractivity contribution in [2.45, 2.75) is 6.54 Å². The van der Waals surface area contributed by atoms with Gasteiger partial charge in [-0.2, -0.15) is 0 Å². The van der Waals surface area contributed by atoms with Crippen LogP contribution in [0.2, 0.25) is 0 Å². The first-order valence-corrected chi connectivity index (χ1v) is 6.83. The van der Waals surface area contributed by atoms with E-state index in [0.717, 1.165) is 20.9 Å². The predicted octanol–water partition coefficient (Wildman–Crippen LogP) is 2.83. The first-order chi connectivity index (χ1) is 9.70. The summed E-state index contributed by atoms with van der Waals surface area (Å²) in [5, 5.41) is 12.5. The Labute approximate surface area is 123 Å². The Kier molecular flexibility index (Phi) is 3.47. The van der Waals surface area contributed by atoms with Gasteiger partial charge in [0.05, 0.1) is 6.20 Å². The van der Waals surface area contributed by atoms with E-state index in [1.54, 1.807) is 12.4 Å². The number of hydrogen-bond acceptors (Lipinski definition) is 3. The van der Waals surface area contributed by atoms with Crippen LogP contribution in [0.1, 0.15) is 0 Å². The molecule has 5 nitrogen and oxygen atoms in total. The van der Waals surface area contributed by atoms with Gasteiger partial charge < -0.3 is 5.32 Å². The van der Waals surface area contributed by atoms with Gasteiger partial charge in [0.1, 0.15) is 6.54 Å². The summed E-state index contributed by atoms with van der Waals surface area (Å²) in [5.41, 5.74) is 0.768. The average Bonchev–Trinajstić information content (AvgIpc) is 2.91. The van der Waals surface area contributed by atoms with E-state index in [2.05, 4.69) is 31.6 Å². The maximum Gasteiger partial charge on any atom is 0.246 e. The molecule has 0 aliphatic heterocycles. The molecule has 3 aromatic rings. The van der Waals surface area contributed by atoms with Crippen LogP contribution in [-0.2, 0) is 11.3 Å². The molecule has 0 saturated carbocycles. The minimum absolute atomic E-state index is 0.132. The summed E-state index contributed by atoms with van der Waals surface area (Å²) in [6.07, 6.45) is 3.19. The molecule has 3 rings (SSSR count). The number of benzene rings is 2. The summed E-state index contributed by atoms with van der Waals surface area (Å²) in [6, 6.07) is 11.8. The van der Waals surface area contributed by atoms with Crippen molar-refractivity contribution in [2.24, 2.45) is 0 Å². The Bertz CT molecular complexity index is 755. The maximum absolute atomic E-state index is 11.9. The van der Waals surface area contributed by atoms with Crippen molar-refractivity contribution in [1.82, 2.24) is 15.0 Å². The summed E-state index contributed by atoms with van der Waals surface area (Å²) in [7, 11) is 0. The van der Waals surface area contributed by atoms with Crippen LogP contribution in [0.5, 0.6) is 0 Å². The summed E-state index contributed by atoms with van der Waals surface area (Å²) in [5.74, 6) is -0.132.